The number of hydrogen-bond acceptors (Lipinski definition) is 5. The molecule has 26 heavy (non-hydrogen) atoms. The van der Waals surface area contributed by atoms with Crippen molar-refractivity contribution in [1.29, 1.82) is 0 Å². The number of rotatable bonds is 5. The van der Waals surface area contributed by atoms with E-state index in [0.29, 0.717) is 19.1 Å². The first kappa shape index (κ1) is 17.6. The van der Waals surface area contributed by atoms with Crippen LogP contribution in [0.5, 0.6) is 11.5 Å². The van der Waals surface area contributed by atoms with E-state index in [1.165, 1.54) is 19.3 Å². The van der Waals surface area contributed by atoms with Crippen LogP contribution in [0.4, 0.5) is 0 Å². The van der Waals surface area contributed by atoms with E-state index < -0.39 is 0 Å². The van der Waals surface area contributed by atoms with Gasteiger partial charge in [0.15, 0.2) is 11.5 Å². The van der Waals surface area contributed by atoms with Gasteiger partial charge in [0.1, 0.15) is 6.10 Å². The molecule has 2 fully saturated rings. The first-order valence-corrected chi connectivity index (χ1v) is 9.79. The van der Waals surface area contributed by atoms with E-state index in [1.54, 1.807) is 0 Å². The highest BCUT2D eigenvalue weighted by Crippen LogP contribution is 2.34. The van der Waals surface area contributed by atoms with Crippen LogP contribution in [-0.2, 0) is 16.1 Å². The van der Waals surface area contributed by atoms with E-state index in [9.17, 15) is 4.79 Å². The normalized spacial score (nSPS) is 25.4. The quantitative estimate of drug-likeness (QED) is 0.874. The zero-order chi connectivity index (χ0) is 17.9. The SMILES string of the molecule is NC[C@H]1CC[C@@H](C(=O)N(Cc2ccc3c(c2)OCO3)C2CCCCC2)O1. The molecule has 1 aromatic rings. The maximum Gasteiger partial charge on any atom is 0.252 e. The minimum absolute atomic E-state index is 0.0164. The number of hydrogen-bond donors (Lipinski definition) is 1. The molecule has 0 spiro atoms. The fourth-order valence-corrected chi connectivity index (χ4v) is 4.26. The summed E-state index contributed by atoms with van der Waals surface area (Å²) in [5.41, 5.74) is 6.79. The maximum absolute atomic E-state index is 13.2. The summed E-state index contributed by atoms with van der Waals surface area (Å²) in [6.07, 6.45) is 7.09. The van der Waals surface area contributed by atoms with E-state index >= 15 is 0 Å². The Morgan fingerprint density at radius 3 is 2.65 bits per heavy atom. The van der Waals surface area contributed by atoms with Gasteiger partial charge in [0.2, 0.25) is 6.79 Å². The van der Waals surface area contributed by atoms with Crippen LogP contribution in [0.2, 0.25) is 0 Å². The molecule has 0 unspecified atom stereocenters. The number of carbonyl (C=O) groups is 1. The highest BCUT2D eigenvalue weighted by atomic mass is 16.7. The van der Waals surface area contributed by atoms with Crippen molar-refractivity contribution >= 4 is 5.91 Å². The third kappa shape index (κ3) is 3.67. The summed E-state index contributed by atoms with van der Waals surface area (Å²) in [7, 11) is 0. The molecule has 3 aliphatic rings. The smallest absolute Gasteiger partial charge is 0.252 e. The minimum atomic E-state index is -0.348. The molecule has 1 saturated heterocycles. The Labute approximate surface area is 154 Å². The van der Waals surface area contributed by atoms with Crippen LogP contribution >= 0.6 is 0 Å². The van der Waals surface area contributed by atoms with Crippen molar-refractivity contribution in [3.63, 3.8) is 0 Å². The van der Waals surface area contributed by atoms with Gasteiger partial charge in [0, 0.05) is 19.1 Å². The van der Waals surface area contributed by atoms with Gasteiger partial charge < -0.3 is 24.8 Å². The second kappa shape index (κ2) is 7.84. The molecule has 1 aromatic carbocycles. The zero-order valence-electron chi connectivity index (χ0n) is 15.2. The van der Waals surface area contributed by atoms with Crippen molar-refractivity contribution in [1.82, 2.24) is 4.90 Å². The van der Waals surface area contributed by atoms with Gasteiger partial charge in [-0.3, -0.25) is 4.79 Å². The number of nitrogens with zero attached hydrogens (tertiary/aromatic N) is 1. The van der Waals surface area contributed by atoms with Crippen LogP contribution < -0.4 is 15.2 Å². The molecule has 2 atom stereocenters. The molecule has 2 heterocycles. The van der Waals surface area contributed by atoms with E-state index in [1.807, 2.05) is 23.1 Å². The standard InChI is InChI=1S/C20H28N2O4/c21-11-16-7-9-18(26-16)20(23)22(15-4-2-1-3-5-15)12-14-6-8-17-19(10-14)25-13-24-17/h6,8,10,15-16,18H,1-5,7,9,11-13,21H2/t16-,18+/m1/s1. The molecular formula is C20H28N2O4. The van der Waals surface area contributed by atoms with Gasteiger partial charge in [-0.25, -0.2) is 0 Å². The molecule has 6 heteroatoms. The number of nitrogens with two attached hydrogens (primary N) is 1. The molecule has 142 valence electrons. The van der Waals surface area contributed by atoms with Crippen molar-refractivity contribution in [2.45, 2.75) is 69.7 Å². The molecule has 0 aromatic heterocycles. The Balaban J connectivity index is 1.51. The summed E-state index contributed by atoms with van der Waals surface area (Å²) in [6.45, 7) is 1.34. The van der Waals surface area contributed by atoms with E-state index in [0.717, 1.165) is 42.7 Å². The molecular weight excluding hydrogens is 332 g/mol. The number of ether oxygens (including phenoxy) is 3. The molecule has 0 radical (unpaired) electrons. The maximum atomic E-state index is 13.2. The summed E-state index contributed by atoms with van der Waals surface area (Å²) in [5.74, 6) is 1.65. The predicted octanol–water partition coefficient (Wildman–Crippen LogP) is 2.58. The summed E-state index contributed by atoms with van der Waals surface area (Å²) in [6, 6.07) is 6.23. The molecule has 2 aliphatic heterocycles. The summed E-state index contributed by atoms with van der Waals surface area (Å²) < 4.78 is 16.8. The monoisotopic (exact) mass is 360 g/mol. The molecule has 4 rings (SSSR count). The van der Waals surface area contributed by atoms with Crippen LogP contribution in [0.15, 0.2) is 18.2 Å². The Morgan fingerprint density at radius 2 is 1.88 bits per heavy atom. The van der Waals surface area contributed by atoms with Gasteiger partial charge in [-0.2, -0.15) is 0 Å². The molecule has 6 nitrogen and oxygen atoms in total. The van der Waals surface area contributed by atoms with Crippen molar-refractivity contribution in [3.8, 4) is 11.5 Å². The predicted molar refractivity (Wildman–Crippen MR) is 96.9 cm³/mol. The lowest BCUT2D eigenvalue weighted by Gasteiger charge is -2.36. The lowest BCUT2D eigenvalue weighted by atomic mass is 9.93. The second-order valence-electron chi connectivity index (χ2n) is 7.51. The third-order valence-electron chi connectivity index (χ3n) is 5.73. The van der Waals surface area contributed by atoms with E-state index in [4.69, 9.17) is 19.9 Å². The molecule has 1 amide bonds. The van der Waals surface area contributed by atoms with Gasteiger partial charge in [-0.05, 0) is 43.4 Å². The van der Waals surface area contributed by atoms with E-state index in [2.05, 4.69) is 0 Å². The number of benzene rings is 1. The van der Waals surface area contributed by atoms with Crippen LogP contribution in [0.3, 0.4) is 0 Å². The average Bonchev–Trinajstić information content (AvgIpc) is 3.35. The zero-order valence-corrected chi connectivity index (χ0v) is 15.2. The summed E-state index contributed by atoms with van der Waals surface area (Å²) >= 11 is 0. The molecule has 1 aliphatic carbocycles. The van der Waals surface area contributed by atoms with Crippen LogP contribution in [0, 0.1) is 0 Å². The number of fused-ring (bicyclic) bond motifs is 1. The fourth-order valence-electron chi connectivity index (χ4n) is 4.26. The third-order valence-corrected chi connectivity index (χ3v) is 5.73. The first-order chi connectivity index (χ1) is 12.7. The average molecular weight is 360 g/mol. The highest BCUT2D eigenvalue weighted by molar-refractivity contribution is 5.81. The van der Waals surface area contributed by atoms with E-state index in [-0.39, 0.29) is 24.9 Å². The van der Waals surface area contributed by atoms with Gasteiger partial charge in [-0.15, -0.1) is 0 Å². The summed E-state index contributed by atoms with van der Waals surface area (Å²) in [5, 5.41) is 0. The lowest BCUT2D eigenvalue weighted by Crippen LogP contribution is -2.46. The molecule has 1 saturated carbocycles. The second-order valence-corrected chi connectivity index (χ2v) is 7.51. The topological polar surface area (TPSA) is 74.0 Å². The molecule has 2 N–H and O–H groups in total. The first-order valence-electron chi connectivity index (χ1n) is 9.79. The fraction of sp³-hybridized carbons (Fsp3) is 0.650. The van der Waals surface area contributed by atoms with Gasteiger partial charge in [0.25, 0.3) is 5.91 Å². The molecule has 0 bridgehead atoms. The lowest BCUT2D eigenvalue weighted by molar-refractivity contribution is -0.146. The minimum Gasteiger partial charge on any atom is -0.454 e. The van der Waals surface area contributed by atoms with Crippen molar-refractivity contribution in [2.24, 2.45) is 5.73 Å². The van der Waals surface area contributed by atoms with Crippen LogP contribution in [-0.4, -0.2) is 42.4 Å². The number of amides is 1. The summed E-state index contributed by atoms with van der Waals surface area (Å²) in [4.78, 5) is 15.3. The van der Waals surface area contributed by atoms with Gasteiger partial charge in [-0.1, -0.05) is 25.3 Å². The van der Waals surface area contributed by atoms with Crippen molar-refractivity contribution in [2.75, 3.05) is 13.3 Å². The van der Waals surface area contributed by atoms with Crippen LogP contribution in [0.25, 0.3) is 0 Å². The Kier molecular flexibility index (Phi) is 5.31. The highest BCUT2D eigenvalue weighted by Gasteiger charge is 2.36. The van der Waals surface area contributed by atoms with Gasteiger partial charge in [0.05, 0.1) is 6.10 Å². The number of carbonyl (C=O) groups excluding carboxylic acids is 1. The Hall–Kier alpha value is -1.79. The van der Waals surface area contributed by atoms with Crippen LogP contribution in [0.1, 0.15) is 50.5 Å². The largest absolute Gasteiger partial charge is 0.454 e. The van der Waals surface area contributed by atoms with Crippen molar-refractivity contribution < 1.29 is 19.0 Å². The Bertz CT molecular complexity index is 645. The Morgan fingerprint density at radius 1 is 1.08 bits per heavy atom. The van der Waals surface area contributed by atoms with Crippen molar-refractivity contribution in [3.05, 3.63) is 23.8 Å². The van der Waals surface area contributed by atoms with Gasteiger partial charge >= 0.3 is 0 Å².